The summed E-state index contributed by atoms with van der Waals surface area (Å²) >= 11 is 0. The van der Waals surface area contributed by atoms with Crippen LogP contribution in [0.15, 0.2) is 48.8 Å². The zero-order chi connectivity index (χ0) is 14.9. The maximum atomic E-state index is 10.0. The van der Waals surface area contributed by atoms with Crippen LogP contribution in [0, 0.1) is 0 Å². The van der Waals surface area contributed by atoms with E-state index < -0.39 is 6.10 Å². The van der Waals surface area contributed by atoms with Gasteiger partial charge in [-0.3, -0.25) is 4.68 Å². The van der Waals surface area contributed by atoms with E-state index in [0.29, 0.717) is 12.4 Å². The Bertz CT molecular complexity index is 740. The molecule has 1 saturated carbocycles. The van der Waals surface area contributed by atoms with Gasteiger partial charge in [0, 0.05) is 12.4 Å². The van der Waals surface area contributed by atoms with Gasteiger partial charge in [0.15, 0.2) is 0 Å². The second-order valence-electron chi connectivity index (χ2n) is 5.28. The lowest BCUT2D eigenvalue weighted by Gasteiger charge is -2.41. The molecule has 0 spiro atoms. The van der Waals surface area contributed by atoms with Gasteiger partial charge in [0.2, 0.25) is 5.95 Å². The molecule has 8 nitrogen and oxygen atoms in total. The highest BCUT2D eigenvalue weighted by Crippen LogP contribution is 2.34. The molecule has 0 saturated heterocycles. The van der Waals surface area contributed by atoms with E-state index in [4.69, 9.17) is 0 Å². The maximum absolute atomic E-state index is 10.0. The Hall–Kier alpha value is -2.74. The van der Waals surface area contributed by atoms with Crippen LogP contribution in [0.4, 0.5) is 5.95 Å². The summed E-state index contributed by atoms with van der Waals surface area (Å²) in [6.45, 7) is 0. The number of hydrogen-bond acceptors (Lipinski definition) is 6. The molecule has 2 N–H and O–H groups in total. The molecule has 4 rings (SSSR count). The van der Waals surface area contributed by atoms with E-state index >= 15 is 0 Å². The van der Waals surface area contributed by atoms with Crippen LogP contribution < -0.4 is 5.32 Å². The molecular weight excluding hydrogens is 282 g/mol. The van der Waals surface area contributed by atoms with Crippen LogP contribution in [0.3, 0.4) is 0 Å². The molecule has 2 aromatic heterocycles. The lowest BCUT2D eigenvalue weighted by molar-refractivity contribution is 0.0131. The van der Waals surface area contributed by atoms with Gasteiger partial charge < -0.3 is 10.4 Å². The molecule has 22 heavy (non-hydrogen) atoms. The van der Waals surface area contributed by atoms with Crippen LogP contribution >= 0.6 is 0 Å². The number of rotatable bonds is 4. The second-order valence-corrected chi connectivity index (χ2v) is 5.28. The van der Waals surface area contributed by atoms with Crippen LogP contribution in [0.5, 0.6) is 0 Å². The first-order valence-electron chi connectivity index (χ1n) is 7.10. The normalized spacial score (nSPS) is 24.0. The number of nitrogens with one attached hydrogen (secondary N) is 1. The first-order valence-corrected chi connectivity index (χ1v) is 7.10. The molecule has 0 unspecified atom stereocenters. The molecule has 1 aliphatic rings. The fraction of sp³-hybridized carbons (Fsp3) is 0.286. The van der Waals surface area contributed by atoms with Crippen molar-refractivity contribution in [1.82, 2.24) is 30.0 Å². The molecule has 0 radical (unpaired) electrons. The Morgan fingerprint density at radius 1 is 1.18 bits per heavy atom. The number of anilines is 1. The topological polar surface area (TPSA) is 93.7 Å². The van der Waals surface area contributed by atoms with Gasteiger partial charge in [0.25, 0.3) is 0 Å². The van der Waals surface area contributed by atoms with E-state index in [1.807, 2.05) is 42.6 Å². The van der Waals surface area contributed by atoms with E-state index in [1.54, 1.807) is 15.6 Å². The predicted octanol–water partition coefficient (Wildman–Crippen LogP) is 0.645. The van der Waals surface area contributed by atoms with Crippen LogP contribution in [0.1, 0.15) is 12.5 Å². The molecule has 0 bridgehead atoms. The summed E-state index contributed by atoms with van der Waals surface area (Å²) in [7, 11) is 0. The molecule has 8 heteroatoms. The Balaban J connectivity index is 1.57. The standard InChI is InChI=1S/C14H15N7O/c22-12-9-11(13(12)20-8-4-7-15-20)16-14-17-18-19-21(14)10-5-2-1-3-6-10/h1-8,11-13,22H,9H2,(H,16,17,19)/t11-,12+,13+/m0/s1. The fourth-order valence-electron chi connectivity index (χ4n) is 2.76. The molecule has 3 aromatic rings. The molecule has 0 aliphatic heterocycles. The average molecular weight is 297 g/mol. The van der Waals surface area contributed by atoms with Crippen molar-refractivity contribution in [2.24, 2.45) is 0 Å². The van der Waals surface area contributed by atoms with Gasteiger partial charge in [0.05, 0.1) is 23.9 Å². The summed E-state index contributed by atoms with van der Waals surface area (Å²) in [6, 6.07) is 11.4. The van der Waals surface area contributed by atoms with Crippen molar-refractivity contribution in [3.05, 3.63) is 48.8 Å². The van der Waals surface area contributed by atoms with E-state index in [-0.39, 0.29) is 12.1 Å². The third-order valence-corrected chi connectivity index (χ3v) is 3.92. The minimum absolute atomic E-state index is 0.0309. The third-order valence-electron chi connectivity index (χ3n) is 3.92. The highest BCUT2D eigenvalue weighted by atomic mass is 16.3. The van der Waals surface area contributed by atoms with Gasteiger partial charge in [0.1, 0.15) is 0 Å². The highest BCUT2D eigenvalue weighted by Gasteiger charge is 2.42. The molecular formula is C14H15N7O. The number of tetrazole rings is 1. The first kappa shape index (κ1) is 13.0. The number of para-hydroxylation sites is 1. The Kier molecular flexibility index (Phi) is 3.08. The summed E-state index contributed by atoms with van der Waals surface area (Å²) in [5, 5.41) is 29.3. The molecule has 1 fully saturated rings. The van der Waals surface area contributed by atoms with E-state index in [2.05, 4.69) is 25.9 Å². The third kappa shape index (κ3) is 2.13. The van der Waals surface area contributed by atoms with Crippen molar-refractivity contribution >= 4 is 5.95 Å². The molecule has 1 aliphatic carbocycles. The SMILES string of the molecule is O[C@@H]1C[C@H](Nc2nnnn2-c2ccccc2)[C@H]1n1cccn1. The van der Waals surface area contributed by atoms with Crippen LogP contribution in [-0.2, 0) is 0 Å². The van der Waals surface area contributed by atoms with Crippen molar-refractivity contribution < 1.29 is 5.11 Å². The lowest BCUT2D eigenvalue weighted by Crippen LogP contribution is -2.51. The smallest absolute Gasteiger partial charge is 0.248 e. The molecule has 1 aromatic carbocycles. The number of hydrogen-bond donors (Lipinski definition) is 2. The van der Waals surface area contributed by atoms with Crippen LogP contribution in [-0.4, -0.2) is 47.2 Å². The van der Waals surface area contributed by atoms with Gasteiger partial charge in [-0.1, -0.05) is 23.3 Å². The van der Waals surface area contributed by atoms with Gasteiger partial charge in [-0.25, -0.2) is 0 Å². The van der Waals surface area contributed by atoms with Crippen molar-refractivity contribution in [2.75, 3.05) is 5.32 Å². The van der Waals surface area contributed by atoms with Gasteiger partial charge in [-0.05, 0) is 35.0 Å². The van der Waals surface area contributed by atoms with Crippen molar-refractivity contribution in [1.29, 1.82) is 0 Å². The van der Waals surface area contributed by atoms with Crippen molar-refractivity contribution in [3.8, 4) is 5.69 Å². The fourth-order valence-corrected chi connectivity index (χ4v) is 2.76. The zero-order valence-corrected chi connectivity index (χ0v) is 11.7. The largest absolute Gasteiger partial charge is 0.391 e. The van der Waals surface area contributed by atoms with Crippen LogP contribution in [0.25, 0.3) is 5.69 Å². The number of aromatic nitrogens is 6. The van der Waals surface area contributed by atoms with Crippen molar-refractivity contribution in [2.45, 2.75) is 24.6 Å². The molecule has 112 valence electrons. The minimum atomic E-state index is -0.418. The lowest BCUT2D eigenvalue weighted by atomic mass is 9.83. The summed E-state index contributed by atoms with van der Waals surface area (Å²) in [5.41, 5.74) is 0.880. The number of benzene rings is 1. The van der Waals surface area contributed by atoms with Crippen molar-refractivity contribution in [3.63, 3.8) is 0 Å². The Morgan fingerprint density at radius 2 is 2.05 bits per heavy atom. The van der Waals surface area contributed by atoms with Gasteiger partial charge in [-0.15, -0.1) is 0 Å². The van der Waals surface area contributed by atoms with E-state index in [9.17, 15) is 5.11 Å². The quantitative estimate of drug-likeness (QED) is 0.734. The molecule has 0 amide bonds. The Labute approximate surface area is 126 Å². The number of aliphatic hydroxyl groups is 1. The maximum Gasteiger partial charge on any atom is 0.248 e. The van der Waals surface area contributed by atoms with E-state index in [1.165, 1.54) is 0 Å². The summed E-state index contributed by atoms with van der Waals surface area (Å²) in [5.74, 6) is 0.556. The molecule has 3 atom stereocenters. The first-order chi connectivity index (χ1) is 10.8. The summed E-state index contributed by atoms with van der Waals surface area (Å²) in [4.78, 5) is 0. The van der Waals surface area contributed by atoms with Gasteiger partial charge in [-0.2, -0.15) is 9.78 Å². The zero-order valence-electron chi connectivity index (χ0n) is 11.7. The van der Waals surface area contributed by atoms with E-state index in [0.717, 1.165) is 5.69 Å². The average Bonchev–Trinajstić information content (AvgIpc) is 3.19. The van der Waals surface area contributed by atoms with Gasteiger partial charge >= 0.3 is 0 Å². The summed E-state index contributed by atoms with van der Waals surface area (Å²) in [6.07, 6.45) is 3.77. The summed E-state index contributed by atoms with van der Waals surface area (Å²) < 4.78 is 3.41. The monoisotopic (exact) mass is 297 g/mol. The Morgan fingerprint density at radius 3 is 2.77 bits per heavy atom. The number of nitrogens with zero attached hydrogens (tertiary/aromatic N) is 6. The minimum Gasteiger partial charge on any atom is -0.391 e. The molecule has 2 heterocycles. The van der Waals surface area contributed by atoms with Crippen LogP contribution in [0.2, 0.25) is 0 Å². The highest BCUT2D eigenvalue weighted by molar-refractivity contribution is 5.39. The second kappa shape index (κ2) is 5.23. The number of aliphatic hydroxyl groups excluding tert-OH is 1. The predicted molar refractivity (Wildman–Crippen MR) is 78.5 cm³/mol.